The first-order valence-electron chi connectivity index (χ1n) is 11.2. The molecule has 0 spiro atoms. The molecule has 1 fully saturated rings. The van der Waals surface area contributed by atoms with Gasteiger partial charge in [-0.25, -0.2) is 0 Å². The van der Waals surface area contributed by atoms with Crippen LogP contribution in [0.3, 0.4) is 0 Å². The number of hydrogen-bond donors (Lipinski definition) is 1. The molecule has 1 heterocycles. The summed E-state index contributed by atoms with van der Waals surface area (Å²) in [6.07, 6.45) is 8.65. The third-order valence-electron chi connectivity index (χ3n) is 6.46. The van der Waals surface area contributed by atoms with Crippen molar-refractivity contribution in [3.05, 3.63) is 60.3 Å². The van der Waals surface area contributed by atoms with Crippen LogP contribution in [0.1, 0.15) is 37.7 Å². The largest absolute Gasteiger partial charge is 0.353 e. The van der Waals surface area contributed by atoms with Gasteiger partial charge < -0.3 is 14.8 Å². The lowest BCUT2D eigenvalue weighted by molar-refractivity contribution is -0.121. The number of aromatic nitrogens is 1. The van der Waals surface area contributed by atoms with E-state index in [2.05, 4.69) is 72.7 Å². The molecule has 0 atom stereocenters. The van der Waals surface area contributed by atoms with Gasteiger partial charge in [-0.05, 0) is 55.5 Å². The van der Waals surface area contributed by atoms with Gasteiger partial charge in [-0.3, -0.25) is 4.79 Å². The maximum absolute atomic E-state index is 12.6. The Morgan fingerprint density at radius 1 is 1.03 bits per heavy atom. The zero-order valence-corrected chi connectivity index (χ0v) is 18.2. The van der Waals surface area contributed by atoms with Crippen LogP contribution in [-0.2, 0) is 11.3 Å². The number of likely N-dealkylation sites (N-methyl/N-ethyl adjacent to an activating group) is 1. The highest BCUT2D eigenvalue weighted by atomic mass is 16.1. The highest BCUT2D eigenvalue weighted by Gasteiger charge is 2.17. The second kappa shape index (κ2) is 9.48. The molecule has 0 radical (unpaired) electrons. The summed E-state index contributed by atoms with van der Waals surface area (Å²) in [5, 5.41) is 4.27. The summed E-state index contributed by atoms with van der Waals surface area (Å²) in [5.74, 6) is 0.0743. The molecule has 1 N–H and O–H groups in total. The van der Waals surface area contributed by atoms with Crippen LogP contribution in [0, 0.1) is 6.92 Å². The Morgan fingerprint density at radius 2 is 1.77 bits per heavy atom. The van der Waals surface area contributed by atoms with Crippen LogP contribution in [-0.4, -0.2) is 41.6 Å². The maximum Gasteiger partial charge on any atom is 0.239 e. The minimum atomic E-state index is 0.0743. The van der Waals surface area contributed by atoms with Crippen LogP contribution in [0.5, 0.6) is 0 Å². The first-order valence-corrected chi connectivity index (χ1v) is 11.2. The van der Waals surface area contributed by atoms with Crippen molar-refractivity contribution in [1.29, 1.82) is 0 Å². The average Bonchev–Trinajstić information content (AvgIpc) is 3.16. The highest BCUT2D eigenvalue weighted by molar-refractivity contribution is 5.87. The van der Waals surface area contributed by atoms with E-state index in [0.717, 1.165) is 17.4 Å². The molecular formula is C26H33N3O. The summed E-state index contributed by atoms with van der Waals surface area (Å²) in [6, 6.07) is 17.8. The number of hydrogen-bond acceptors (Lipinski definition) is 2. The minimum absolute atomic E-state index is 0.0743. The molecule has 1 saturated carbocycles. The maximum atomic E-state index is 12.6. The fraction of sp³-hybridized carbons (Fsp3) is 0.423. The van der Waals surface area contributed by atoms with E-state index in [9.17, 15) is 4.79 Å². The molecule has 158 valence electrons. The standard InChI is InChI=1S/C26H33N3O/c1-20-8-10-21(11-9-20)23-13-12-22-14-16-29(25(22)18-23)19-26(30)27-15-17-28(2)24-6-4-3-5-7-24/h8-14,16,18,24H,3-7,15,17,19H2,1-2H3,(H,27,30). The molecule has 4 nitrogen and oxygen atoms in total. The van der Waals surface area contributed by atoms with E-state index in [0.29, 0.717) is 19.1 Å². The number of rotatable bonds is 7. The zero-order chi connectivity index (χ0) is 20.9. The van der Waals surface area contributed by atoms with Crippen molar-refractivity contribution in [3.63, 3.8) is 0 Å². The van der Waals surface area contributed by atoms with Crippen molar-refractivity contribution < 1.29 is 4.79 Å². The molecule has 4 rings (SSSR count). The lowest BCUT2D eigenvalue weighted by Gasteiger charge is -2.31. The number of carbonyl (C=O) groups excluding carboxylic acids is 1. The minimum Gasteiger partial charge on any atom is -0.353 e. The molecule has 2 aromatic carbocycles. The summed E-state index contributed by atoms with van der Waals surface area (Å²) in [7, 11) is 2.19. The van der Waals surface area contributed by atoms with Gasteiger partial charge in [0.2, 0.25) is 5.91 Å². The van der Waals surface area contributed by atoms with Crippen LogP contribution in [0.4, 0.5) is 0 Å². The van der Waals surface area contributed by atoms with Gasteiger partial charge in [0, 0.05) is 30.8 Å². The predicted molar refractivity (Wildman–Crippen MR) is 125 cm³/mol. The second-order valence-electron chi connectivity index (χ2n) is 8.71. The number of amides is 1. The van der Waals surface area contributed by atoms with Crippen LogP contribution in [0.2, 0.25) is 0 Å². The Bertz CT molecular complexity index is 983. The van der Waals surface area contributed by atoms with E-state index in [-0.39, 0.29) is 5.91 Å². The number of aryl methyl sites for hydroxylation is 1. The van der Waals surface area contributed by atoms with Crippen LogP contribution in [0.15, 0.2) is 54.7 Å². The Hall–Kier alpha value is -2.59. The lowest BCUT2D eigenvalue weighted by Crippen LogP contribution is -2.40. The summed E-state index contributed by atoms with van der Waals surface area (Å²) in [6.45, 7) is 4.08. The molecular weight excluding hydrogens is 370 g/mol. The average molecular weight is 404 g/mol. The Kier molecular flexibility index (Phi) is 6.53. The molecule has 30 heavy (non-hydrogen) atoms. The highest BCUT2D eigenvalue weighted by Crippen LogP contribution is 2.25. The van der Waals surface area contributed by atoms with Crippen LogP contribution < -0.4 is 5.32 Å². The molecule has 1 amide bonds. The van der Waals surface area contributed by atoms with Gasteiger partial charge in [0.15, 0.2) is 0 Å². The SMILES string of the molecule is Cc1ccc(-c2ccc3ccn(CC(=O)NCCN(C)C4CCCCC4)c3c2)cc1. The van der Waals surface area contributed by atoms with Crippen molar-refractivity contribution >= 4 is 16.8 Å². The molecule has 0 unspecified atom stereocenters. The van der Waals surface area contributed by atoms with Gasteiger partial charge in [-0.1, -0.05) is 61.2 Å². The fourth-order valence-electron chi connectivity index (χ4n) is 4.53. The zero-order valence-electron chi connectivity index (χ0n) is 18.2. The van der Waals surface area contributed by atoms with Crippen molar-refractivity contribution in [2.24, 2.45) is 0 Å². The van der Waals surface area contributed by atoms with E-state index in [4.69, 9.17) is 0 Å². The summed E-state index contributed by atoms with van der Waals surface area (Å²) in [5.41, 5.74) is 4.74. The molecule has 0 aliphatic heterocycles. The van der Waals surface area contributed by atoms with E-state index >= 15 is 0 Å². The van der Waals surface area contributed by atoms with Gasteiger partial charge in [0.25, 0.3) is 0 Å². The van der Waals surface area contributed by atoms with Crippen molar-refractivity contribution in [3.8, 4) is 11.1 Å². The van der Waals surface area contributed by atoms with Gasteiger partial charge in [-0.15, -0.1) is 0 Å². The molecule has 3 aromatic rings. The number of benzene rings is 2. The van der Waals surface area contributed by atoms with Gasteiger partial charge in [0.1, 0.15) is 6.54 Å². The van der Waals surface area contributed by atoms with Crippen molar-refractivity contribution in [2.75, 3.05) is 20.1 Å². The fourth-order valence-corrected chi connectivity index (χ4v) is 4.53. The molecule has 1 aliphatic carbocycles. The first kappa shape index (κ1) is 20.7. The summed E-state index contributed by atoms with van der Waals surface area (Å²) < 4.78 is 2.05. The van der Waals surface area contributed by atoms with E-state index < -0.39 is 0 Å². The van der Waals surface area contributed by atoms with E-state index in [1.807, 2.05) is 10.8 Å². The smallest absolute Gasteiger partial charge is 0.239 e. The van der Waals surface area contributed by atoms with E-state index in [1.165, 1.54) is 48.8 Å². The Balaban J connectivity index is 1.36. The van der Waals surface area contributed by atoms with Crippen LogP contribution in [0.25, 0.3) is 22.0 Å². The lowest BCUT2D eigenvalue weighted by atomic mass is 9.94. The van der Waals surface area contributed by atoms with Gasteiger partial charge >= 0.3 is 0 Å². The Labute approximate surface area is 179 Å². The molecule has 0 bridgehead atoms. The molecule has 0 saturated heterocycles. The third-order valence-corrected chi connectivity index (χ3v) is 6.46. The van der Waals surface area contributed by atoms with Crippen LogP contribution >= 0.6 is 0 Å². The van der Waals surface area contributed by atoms with Gasteiger partial charge in [-0.2, -0.15) is 0 Å². The predicted octanol–water partition coefficient (Wildman–Crippen LogP) is 5.00. The number of carbonyl (C=O) groups is 1. The summed E-state index contributed by atoms with van der Waals surface area (Å²) >= 11 is 0. The monoisotopic (exact) mass is 403 g/mol. The summed E-state index contributed by atoms with van der Waals surface area (Å²) in [4.78, 5) is 15.0. The van der Waals surface area contributed by atoms with Crippen molar-refractivity contribution in [2.45, 2.75) is 51.6 Å². The third kappa shape index (κ3) is 4.93. The number of nitrogens with one attached hydrogen (secondary N) is 1. The van der Waals surface area contributed by atoms with E-state index in [1.54, 1.807) is 0 Å². The molecule has 1 aliphatic rings. The first-order chi connectivity index (χ1) is 14.6. The molecule has 4 heteroatoms. The number of nitrogens with zero attached hydrogens (tertiary/aromatic N) is 2. The quantitative estimate of drug-likeness (QED) is 0.603. The second-order valence-corrected chi connectivity index (χ2v) is 8.71. The van der Waals surface area contributed by atoms with Crippen molar-refractivity contribution in [1.82, 2.24) is 14.8 Å². The Morgan fingerprint density at radius 3 is 2.53 bits per heavy atom. The molecule has 1 aromatic heterocycles. The number of fused-ring (bicyclic) bond motifs is 1. The van der Waals surface area contributed by atoms with Gasteiger partial charge in [0.05, 0.1) is 0 Å². The normalized spacial score (nSPS) is 15.0. The topological polar surface area (TPSA) is 37.3 Å².